The number of carbonyl (C=O) groups excluding carboxylic acids is 2. The Hall–Kier alpha value is -2.15. The summed E-state index contributed by atoms with van der Waals surface area (Å²) in [6.07, 6.45) is 4.31. The van der Waals surface area contributed by atoms with Crippen LogP contribution in [0, 0.1) is 25.7 Å². The van der Waals surface area contributed by atoms with Crippen LogP contribution in [0.2, 0.25) is 0 Å². The minimum Gasteiger partial charge on any atom is -0.481 e. The van der Waals surface area contributed by atoms with Gasteiger partial charge in [-0.15, -0.1) is 11.3 Å². The number of carboxylic acids is 1. The predicted molar refractivity (Wildman–Crippen MR) is 91.4 cm³/mol. The lowest BCUT2D eigenvalue weighted by molar-refractivity contribution is -0.146. The molecule has 1 aromatic heterocycles. The molecule has 1 amide bonds. The molecule has 0 radical (unpaired) electrons. The summed E-state index contributed by atoms with van der Waals surface area (Å²) < 4.78 is 5.06. The Labute approximate surface area is 144 Å². The molecule has 130 valence electrons. The Morgan fingerprint density at radius 2 is 1.88 bits per heavy atom. The van der Waals surface area contributed by atoms with Gasteiger partial charge in [-0.2, -0.15) is 0 Å². The number of carboxylic acid groups (broad SMARTS) is 1. The SMILES string of the molecule is CCOC(=O)c1c(NC(=O)[C@H]2CC=CC[C@@H]2C(=O)O)sc(C)c1C. The molecule has 2 rings (SSSR count). The third-order valence-electron chi connectivity index (χ3n) is 4.19. The maximum atomic E-state index is 12.6. The first-order valence-electron chi connectivity index (χ1n) is 7.82. The molecular formula is C17H21NO5S. The maximum absolute atomic E-state index is 12.6. The summed E-state index contributed by atoms with van der Waals surface area (Å²) in [6, 6.07) is 0. The van der Waals surface area contributed by atoms with E-state index < -0.39 is 23.8 Å². The summed E-state index contributed by atoms with van der Waals surface area (Å²) in [7, 11) is 0. The summed E-state index contributed by atoms with van der Waals surface area (Å²) in [4.78, 5) is 37.0. The molecule has 0 unspecified atom stereocenters. The lowest BCUT2D eigenvalue weighted by Crippen LogP contribution is -2.34. The molecule has 0 saturated carbocycles. The van der Waals surface area contributed by atoms with E-state index in [4.69, 9.17) is 4.74 Å². The van der Waals surface area contributed by atoms with Crippen LogP contribution in [0.15, 0.2) is 12.2 Å². The average molecular weight is 351 g/mol. The highest BCUT2D eigenvalue weighted by Crippen LogP contribution is 2.35. The molecule has 1 heterocycles. The highest BCUT2D eigenvalue weighted by molar-refractivity contribution is 7.16. The number of thiophene rings is 1. The molecule has 2 N–H and O–H groups in total. The number of amides is 1. The van der Waals surface area contributed by atoms with Crippen molar-refractivity contribution in [2.24, 2.45) is 11.8 Å². The monoisotopic (exact) mass is 351 g/mol. The van der Waals surface area contributed by atoms with Crippen molar-refractivity contribution < 1.29 is 24.2 Å². The zero-order valence-corrected chi connectivity index (χ0v) is 14.7. The molecule has 1 aliphatic carbocycles. The Morgan fingerprint density at radius 1 is 1.25 bits per heavy atom. The van der Waals surface area contributed by atoms with Gasteiger partial charge in [-0.05, 0) is 39.2 Å². The average Bonchev–Trinajstić information content (AvgIpc) is 2.81. The number of nitrogens with one attached hydrogen (secondary N) is 1. The summed E-state index contributed by atoms with van der Waals surface area (Å²) in [5.74, 6) is -3.23. The molecular weight excluding hydrogens is 330 g/mol. The molecule has 0 aromatic carbocycles. The fourth-order valence-corrected chi connectivity index (χ4v) is 3.80. The van der Waals surface area contributed by atoms with Crippen LogP contribution >= 0.6 is 11.3 Å². The number of aliphatic carboxylic acids is 1. The van der Waals surface area contributed by atoms with E-state index >= 15 is 0 Å². The quantitative estimate of drug-likeness (QED) is 0.628. The Bertz CT molecular complexity index is 691. The zero-order valence-electron chi connectivity index (χ0n) is 13.9. The van der Waals surface area contributed by atoms with E-state index in [-0.39, 0.29) is 12.5 Å². The standard InChI is InChI=1S/C17H21NO5S/c1-4-23-17(22)13-9(2)10(3)24-15(13)18-14(19)11-7-5-6-8-12(11)16(20)21/h5-6,11-12H,4,7-8H2,1-3H3,(H,18,19)(H,20,21)/t11-,12-/m0/s1. The van der Waals surface area contributed by atoms with Crippen molar-refractivity contribution in [3.8, 4) is 0 Å². The molecule has 24 heavy (non-hydrogen) atoms. The number of hydrogen-bond donors (Lipinski definition) is 2. The first-order valence-corrected chi connectivity index (χ1v) is 8.64. The molecule has 6 nitrogen and oxygen atoms in total. The van der Waals surface area contributed by atoms with Crippen molar-refractivity contribution in [2.45, 2.75) is 33.6 Å². The van der Waals surface area contributed by atoms with Gasteiger partial charge in [0.15, 0.2) is 0 Å². The largest absolute Gasteiger partial charge is 0.481 e. The van der Waals surface area contributed by atoms with Gasteiger partial charge >= 0.3 is 11.9 Å². The summed E-state index contributed by atoms with van der Waals surface area (Å²) in [5.41, 5.74) is 1.12. The number of carbonyl (C=O) groups is 3. The Morgan fingerprint density at radius 3 is 2.46 bits per heavy atom. The summed E-state index contributed by atoms with van der Waals surface area (Å²) in [5, 5.41) is 12.5. The second kappa shape index (κ2) is 7.61. The lowest BCUT2D eigenvalue weighted by atomic mass is 9.82. The Kier molecular flexibility index (Phi) is 5.77. The summed E-state index contributed by atoms with van der Waals surface area (Å²) in [6.45, 7) is 5.63. The van der Waals surface area contributed by atoms with Gasteiger partial charge in [0.2, 0.25) is 5.91 Å². The first kappa shape index (κ1) is 18.2. The fraction of sp³-hybridized carbons (Fsp3) is 0.471. The third-order valence-corrected chi connectivity index (χ3v) is 5.31. The van der Waals surface area contributed by atoms with Gasteiger partial charge in [0, 0.05) is 4.88 Å². The molecule has 0 aliphatic heterocycles. The van der Waals surface area contributed by atoms with Crippen molar-refractivity contribution in [1.29, 1.82) is 0 Å². The van der Waals surface area contributed by atoms with Crippen LogP contribution in [-0.4, -0.2) is 29.6 Å². The van der Waals surface area contributed by atoms with Crippen molar-refractivity contribution in [3.05, 3.63) is 28.2 Å². The van der Waals surface area contributed by atoms with Crippen molar-refractivity contribution in [1.82, 2.24) is 0 Å². The smallest absolute Gasteiger partial charge is 0.341 e. The molecule has 1 aromatic rings. The third kappa shape index (κ3) is 3.67. The minimum absolute atomic E-state index is 0.245. The summed E-state index contributed by atoms with van der Waals surface area (Å²) >= 11 is 1.30. The van der Waals surface area contributed by atoms with Crippen LogP contribution in [0.1, 0.15) is 40.6 Å². The van der Waals surface area contributed by atoms with E-state index in [0.717, 1.165) is 10.4 Å². The van der Waals surface area contributed by atoms with E-state index in [2.05, 4.69) is 5.32 Å². The number of ether oxygens (including phenoxy) is 1. The molecule has 0 spiro atoms. The van der Waals surface area contributed by atoms with Gasteiger partial charge in [-0.25, -0.2) is 4.79 Å². The minimum atomic E-state index is -0.983. The molecule has 0 saturated heterocycles. The second-order valence-electron chi connectivity index (χ2n) is 5.69. The number of hydrogen-bond acceptors (Lipinski definition) is 5. The number of rotatable bonds is 5. The topological polar surface area (TPSA) is 92.7 Å². The molecule has 1 aliphatic rings. The Balaban J connectivity index is 2.26. The van der Waals surface area contributed by atoms with E-state index in [1.165, 1.54) is 11.3 Å². The predicted octanol–water partition coefficient (Wildman–Crippen LogP) is 3.15. The van der Waals surface area contributed by atoms with Crippen molar-refractivity contribution in [3.63, 3.8) is 0 Å². The van der Waals surface area contributed by atoms with E-state index in [0.29, 0.717) is 23.4 Å². The van der Waals surface area contributed by atoms with Gasteiger partial charge in [-0.3, -0.25) is 9.59 Å². The van der Waals surface area contributed by atoms with E-state index in [9.17, 15) is 19.5 Å². The highest BCUT2D eigenvalue weighted by atomic mass is 32.1. The van der Waals surface area contributed by atoms with Crippen molar-refractivity contribution in [2.75, 3.05) is 11.9 Å². The van der Waals surface area contributed by atoms with Crippen molar-refractivity contribution >= 4 is 34.2 Å². The zero-order chi connectivity index (χ0) is 17.9. The molecule has 2 atom stereocenters. The number of esters is 1. The van der Waals surface area contributed by atoms with Crippen LogP contribution in [0.4, 0.5) is 5.00 Å². The van der Waals surface area contributed by atoms with Gasteiger partial charge in [0.05, 0.1) is 24.0 Å². The van der Waals surface area contributed by atoms with Crippen LogP contribution in [0.3, 0.4) is 0 Å². The second-order valence-corrected chi connectivity index (χ2v) is 6.92. The van der Waals surface area contributed by atoms with E-state index in [1.807, 2.05) is 13.0 Å². The van der Waals surface area contributed by atoms with Gasteiger partial charge in [0.1, 0.15) is 5.00 Å². The van der Waals surface area contributed by atoms with Crippen LogP contribution in [0.5, 0.6) is 0 Å². The van der Waals surface area contributed by atoms with E-state index in [1.54, 1.807) is 19.9 Å². The fourth-order valence-electron chi connectivity index (χ4n) is 2.75. The number of aryl methyl sites for hydroxylation is 1. The highest BCUT2D eigenvalue weighted by Gasteiger charge is 2.35. The molecule has 7 heteroatoms. The first-order chi connectivity index (χ1) is 11.4. The van der Waals surface area contributed by atoms with Crippen LogP contribution in [0.25, 0.3) is 0 Å². The van der Waals surface area contributed by atoms with Gasteiger partial charge < -0.3 is 15.2 Å². The van der Waals surface area contributed by atoms with Crippen LogP contribution < -0.4 is 5.32 Å². The van der Waals surface area contributed by atoms with Gasteiger partial charge in [0.25, 0.3) is 0 Å². The number of anilines is 1. The van der Waals surface area contributed by atoms with Crippen LogP contribution in [-0.2, 0) is 14.3 Å². The van der Waals surface area contributed by atoms with Gasteiger partial charge in [-0.1, -0.05) is 12.2 Å². The molecule has 0 bridgehead atoms. The normalized spacial score (nSPS) is 19.8. The molecule has 0 fully saturated rings. The maximum Gasteiger partial charge on any atom is 0.341 e. The number of allylic oxidation sites excluding steroid dienone is 2. The lowest BCUT2D eigenvalue weighted by Gasteiger charge is -2.24.